The van der Waals surface area contributed by atoms with Gasteiger partial charge in [-0.15, -0.1) is 0 Å². The van der Waals surface area contributed by atoms with Crippen LogP contribution in [0.3, 0.4) is 0 Å². The number of hydrogen-bond acceptors (Lipinski definition) is 0. The van der Waals surface area contributed by atoms with Crippen molar-refractivity contribution in [2.75, 3.05) is 0 Å². The second-order valence-corrected chi connectivity index (χ2v) is 5.61. The van der Waals surface area contributed by atoms with Crippen LogP contribution in [0.2, 0.25) is 5.02 Å². The second kappa shape index (κ2) is 7.01. The van der Waals surface area contributed by atoms with Gasteiger partial charge in [-0.2, -0.15) is 0 Å². The zero-order valence-corrected chi connectivity index (χ0v) is 13.8. The number of benzene rings is 2. The highest BCUT2D eigenvalue weighted by Crippen LogP contribution is 2.19. The highest BCUT2D eigenvalue weighted by atomic mass is 35.5. The molecule has 0 amide bonds. The van der Waals surface area contributed by atoms with Crippen LogP contribution in [0.4, 0.5) is 0 Å². The fraction of sp³-hybridized carbons (Fsp3) is 0.0556. The van der Waals surface area contributed by atoms with Gasteiger partial charge >= 0.3 is 0 Å². The molecule has 0 saturated heterocycles. The van der Waals surface area contributed by atoms with Gasteiger partial charge in [-0.1, -0.05) is 48.0 Å². The van der Waals surface area contributed by atoms with E-state index < -0.39 is 0 Å². The van der Waals surface area contributed by atoms with Gasteiger partial charge < -0.3 is 17.9 Å². The molecule has 0 spiro atoms. The summed E-state index contributed by atoms with van der Waals surface area (Å²) in [5, 5.41) is 3.33. The molecular weight excluding hydrogens is 331 g/mol. The molecular formula is C18H16Cl2N2O. The average molecular weight is 347 g/mol. The minimum atomic E-state index is 0. The van der Waals surface area contributed by atoms with E-state index in [-0.39, 0.29) is 17.9 Å². The predicted molar refractivity (Wildman–Crippen MR) is 89.3 cm³/mol. The summed E-state index contributed by atoms with van der Waals surface area (Å²) in [4.78, 5) is 0. The first-order valence-electron chi connectivity index (χ1n) is 6.93. The van der Waals surface area contributed by atoms with Crippen LogP contribution in [0.5, 0.6) is 0 Å². The molecule has 4 rings (SSSR count). The predicted octanol–water partition coefficient (Wildman–Crippen LogP) is 0.261. The summed E-state index contributed by atoms with van der Waals surface area (Å²) < 4.78 is 4.32. The van der Waals surface area contributed by atoms with E-state index in [9.17, 15) is 0 Å². The van der Waals surface area contributed by atoms with E-state index in [1.165, 1.54) is 16.3 Å². The highest BCUT2D eigenvalue weighted by molar-refractivity contribution is 6.31. The lowest BCUT2D eigenvalue weighted by Gasteiger charge is -1.99. The first-order chi connectivity index (χ1) is 10.3. The first kappa shape index (κ1) is 17.3. The monoisotopic (exact) mass is 346 g/mol. The molecule has 0 unspecified atom stereocenters. The van der Waals surface area contributed by atoms with E-state index in [1.54, 1.807) is 0 Å². The van der Waals surface area contributed by atoms with Crippen molar-refractivity contribution in [1.29, 1.82) is 0 Å². The molecule has 0 bridgehead atoms. The summed E-state index contributed by atoms with van der Waals surface area (Å²) in [6.45, 7) is 0.773. The Morgan fingerprint density at radius 2 is 1.70 bits per heavy atom. The van der Waals surface area contributed by atoms with Crippen LogP contribution >= 0.6 is 11.6 Å². The van der Waals surface area contributed by atoms with Crippen LogP contribution in [0.1, 0.15) is 5.56 Å². The molecule has 0 fully saturated rings. The van der Waals surface area contributed by atoms with Crippen LogP contribution in [0, 0.1) is 0 Å². The van der Waals surface area contributed by atoms with Gasteiger partial charge in [0, 0.05) is 16.0 Å². The summed E-state index contributed by atoms with van der Waals surface area (Å²) >= 11 is 6.25. The number of hydrogen-bond donors (Lipinski definition) is 0. The van der Waals surface area contributed by atoms with Crippen molar-refractivity contribution in [3.8, 4) is 0 Å². The summed E-state index contributed by atoms with van der Waals surface area (Å²) in [7, 11) is 0. The van der Waals surface area contributed by atoms with Crippen molar-refractivity contribution in [3.05, 3.63) is 83.9 Å². The lowest BCUT2D eigenvalue weighted by atomic mass is 10.1. The average Bonchev–Trinajstić information content (AvgIpc) is 2.93. The number of nitrogens with zero attached hydrogens (tertiary/aromatic N) is 2. The van der Waals surface area contributed by atoms with Crippen LogP contribution < -0.4 is 16.8 Å². The normalized spacial score (nSPS) is 10.3. The van der Waals surface area contributed by atoms with Gasteiger partial charge in [-0.05, 0) is 23.6 Å². The minimum absolute atomic E-state index is 0. The number of halogens is 2. The number of rotatable bonds is 2. The van der Waals surface area contributed by atoms with E-state index >= 15 is 0 Å². The Kier molecular flexibility index (Phi) is 5.26. The number of imidazole rings is 1. The van der Waals surface area contributed by atoms with E-state index in [0.717, 1.165) is 17.1 Å². The Bertz CT molecular complexity index is 950. The molecule has 0 aliphatic heterocycles. The Morgan fingerprint density at radius 1 is 0.957 bits per heavy atom. The van der Waals surface area contributed by atoms with E-state index in [4.69, 9.17) is 11.6 Å². The van der Waals surface area contributed by atoms with Gasteiger partial charge in [-0.3, -0.25) is 0 Å². The fourth-order valence-corrected chi connectivity index (χ4v) is 2.95. The quantitative estimate of drug-likeness (QED) is 0.467. The van der Waals surface area contributed by atoms with Crippen molar-refractivity contribution in [1.82, 2.24) is 4.57 Å². The lowest BCUT2D eigenvalue weighted by Crippen LogP contribution is -3.00. The molecule has 0 atom stereocenters. The third-order valence-corrected chi connectivity index (χ3v) is 4.17. The molecule has 23 heavy (non-hydrogen) atoms. The number of aromatic nitrogens is 2. The van der Waals surface area contributed by atoms with E-state index in [1.807, 2.05) is 18.2 Å². The van der Waals surface area contributed by atoms with Gasteiger partial charge in [0.25, 0.3) is 0 Å². The topological polar surface area (TPSA) is 40.5 Å². The zero-order valence-electron chi connectivity index (χ0n) is 12.3. The standard InChI is InChI=1S/C18H14ClN2.ClH.H2O/c19-17-8-4-2-6-15(17)11-20-12-18-16-7-3-1-5-14(16)9-10-21(18)13-20;;/h1-10,12-13H,11H2;1H;1H2/q+1;;/p-1. The molecule has 0 aliphatic carbocycles. The molecule has 0 saturated carbocycles. The smallest absolute Gasteiger partial charge is 0.249 e. The van der Waals surface area contributed by atoms with Gasteiger partial charge in [0.05, 0.1) is 6.20 Å². The number of pyridine rings is 1. The fourth-order valence-electron chi connectivity index (χ4n) is 2.75. The largest absolute Gasteiger partial charge is 1.00 e. The molecule has 0 aliphatic rings. The SMILES string of the molecule is Clc1ccccc1Cn1cc2c3ccccc3cc[n+]2c1.O.[Cl-]. The van der Waals surface area contributed by atoms with E-state index in [0.29, 0.717) is 0 Å². The van der Waals surface area contributed by atoms with Crippen LogP contribution in [0.25, 0.3) is 16.3 Å². The molecule has 2 aromatic heterocycles. The van der Waals surface area contributed by atoms with Gasteiger partial charge in [0.2, 0.25) is 6.33 Å². The third-order valence-electron chi connectivity index (χ3n) is 3.80. The van der Waals surface area contributed by atoms with Crippen molar-refractivity contribution < 1.29 is 22.3 Å². The second-order valence-electron chi connectivity index (χ2n) is 5.20. The molecule has 4 aromatic rings. The van der Waals surface area contributed by atoms with Crippen LogP contribution in [0.15, 0.2) is 73.3 Å². The maximum Gasteiger partial charge on any atom is 0.249 e. The molecule has 0 radical (unpaired) electrons. The Morgan fingerprint density at radius 3 is 2.52 bits per heavy atom. The van der Waals surface area contributed by atoms with Crippen molar-refractivity contribution in [2.45, 2.75) is 6.54 Å². The maximum atomic E-state index is 6.25. The van der Waals surface area contributed by atoms with Crippen molar-refractivity contribution in [2.24, 2.45) is 0 Å². The lowest BCUT2D eigenvalue weighted by molar-refractivity contribution is -0.511. The first-order valence-corrected chi connectivity index (χ1v) is 7.31. The zero-order chi connectivity index (χ0) is 14.2. The molecule has 2 aromatic carbocycles. The van der Waals surface area contributed by atoms with Gasteiger partial charge in [0.15, 0.2) is 5.52 Å². The molecule has 5 heteroatoms. The van der Waals surface area contributed by atoms with Crippen molar-refractivity contribution in [3.63, 3.8) is 0 Å². The van der Waals surface area contributed by atoms with E-state index in [2.05, 4.69) is 64.1 Å². The minimum Gasteiger partial charge on any atom is -1.00 e. The molecule has 118 valence electrons. The summed E-state index contributed by atoms with van der Waals surface area (Å²) in [5.74, 6) is 0. The Labute approximate surface area is 145 Å². The van der Waals surface area contributed by atoms with Crippen LogP contribution in [-0.4, -0.2) is 10.0 Å². The van der Waals surface area contributed by atoms with Crippen molar-refractivity contribution >= 4 is 27.9 Å². The summed E-state index contributed by atoms with van der Waals surface area (Å²) in [5.41, 5.74) is 2.34. The van der Waals surface area contributed by atoms with Gasteiger partial charge in [0.1, 0.15) is 12.7 Å². The third kappa shape index (κ3) is 3.17. The Balaban J connectivity index is 0.000000960. The number of fused-ring (bicyclic) bond motifs is 3. The summed E-state index contributed by atoms with van der Waals surface area (Å²) in [6, 6.07) is 18.6. The van der Waals surface area contributed by atoms with Crippen LogP contribution in [-0.2, 0) is 6.54 Å². The maximum absolute atomic E-state index is 6.25. The van der Waals surface area contributed by atoms with Gasteiger partial charge in [-0.25, -0.2) is 8.97 Å². The Hall–Kier alpha value is -2.07. The highest BCUT2D eigenvalue weighted by Gasteiger charge is 2.11. The summed E-state index contributed by atoms with van der Waals surface area (Å²) in [6.07, 6.45) is 6.37. The molecule has 2 heterocycles. The molecule has 2 N–H and O–H groups in total. The molecule has 3 nitrogen and oxygen atoms in total.